The van der Waals surface area contributed by atoms with E-state index in [1.165, 1.54) is 30.0 Å². The first-order chi connectivity index (χ1) is 11.0. The van der Waals surface area contributed by atoms with Crippen LogP contribution in [0.2, 0.25) is 0 Å². The molecule has 0 bridgehead atoms. The van der Waals surface area contributed by atoms with Crippen LogP contribution in [0.4, 0.5) is 0 Å². The largest absolute Gasteiger partial charge is 0.508 e. The molecule has 118 valence electrons. The molecule has 0 aliphatic heterocycles. The molecular weight excluding hydrogens is 292 g/mol. The van der Waals surface area contributed by atoms with Crippen LogP contribution in [0.1, 0.15) is 30.9 Å². The van der Waals surface area contributed by atoms with Gasteiger partial charge in [-0.05, 0) is 48.2 Å². The van der Waals surface area contributed by atoms with E-state index in [9.17, 15) is 9.90 Å². The summed E-state index contributed by atoms with van der Waals surface area (Å²) in [6, 6.07) is 10.2. The van der Waals surface area contributed by atoms with Crippen molar-refractivity contribution in [2.45, 2.75) is 26.7 Å². The summed E-state index contributed by atoms with van der Waals surface area (Å²) in [5, 5.41) is 9.80. The summed E-state index contributed by atoms with van der Waals surface area (Å²) in [6.45, 7) is 6.29. The van der Waals surface area contributed by atoms with Gasteiger partial charge < -0.3 is 14.3 Å². The van der Waals surface area contributed by atoms with E-state index in [-0.39, 0.29) is 16.9 Å². The number of phenolic OH excluding ortho intramolecular Hbond substituents is 1. The van der Waals surface area contributed by atoms with Crippen LogP contribution in [-0.4, -0.2) is 5.11 Å². The Morgan fingerprint density at radius 1 is 1.13 bits per heavy atom. The zero-order valence-corrected chi connectivity index (χ0v) is 13.3. The second kappa shape index (κ2) is 5.80. The van der Waals surface area contributed by atoms with E-state index in [0.717, 1.165) is 5.56 Å². The normalized spacial score (nSPS) is 11.1. The monoisotopic (exact) mass is 310 g/mol. The van der Waals surface area contributed by atoms with Gasteiger partial charge in [-0.2, -0.15) is 0 Å². The van der Waals surface area contributed by atoms with Crippen molar-refractivity contribution in [2.24, 2.45) is 0 Å². The summed E-state index contributed by atoms with van der Waals surface area (Å²) in [4.78, 5) is 12.4. The lowest BCUT2D eigenvalue weighted by atomic mass is 9.98. The zero-order chi connectivity index (χ0) is 16.6. The maximum absolute atomic E-state index is 12.4. The molecule has 0 saturated carbocycles. The van der Waals surface area contributed by atoms with Gasteiger partial charge in [0.25, 0.3) is 0 Å². The zero-order valence-electron chi connectivity index (χ0n) is 13.3. The predicted molar refractivity (Wildman–Crippen MR) is 89.5 cm³/mol. The lowest BCUT2D eigenvalue weighted by Crippen LogP contribution is -2.05. The number of aryl methyl sites for hydroxylation is 1. The first-order valence-electron chi connectivity index (χ1n) is 7.48. The molecule has 0 unspecified atom stereocenters. The maximum atomic E-state index is 12.4. The Morgan fingerprint density at radius 2 is 1.91 bits per heavy atom. The second-order valence-corrected chi connectivity index (χ2v) is 5.88. The molecule has 2 aromatic carbocycles. The molecule has 0 aliphatic rings. The number of hydrogen-bond acceptors (Lipinski definition) is 4. The molecule has 0 fully saturated rings. The molecule has 0 atom stereocenters. The fourth-order valence-electron chi connectivity index (χ4n) is 2.66. The molecule has 0 radical (unpaired) electrons. The van der Waals surface area contributed by atoms with Crippen molar-refractivity contribution < 1.29 is 14.3 Å². The number of phenols is 1. The summed E-state index contributed by atoms with van der Waals surface area (Å²) in [5.41, 5.74) is 2.43. The Morgan fingerprint density at radius 3 is 2.61 bits per heavy atom. The van der Waals surface area contributed by atoms with Gasteiger partial charge in [-0.1, -0.05) is 19.9 Å². The van der Waals surface area contributed by atoms with Gasteiger partial charge in [-0.3, -0.25) is 4.79 Å². The lowest BCUT2D eigenvalue weighted by molar-refractivity contribution is 0.448. The first kappa shape index (κ1) is 15.2. The molecule has 23 heavy (non-hydrogen) atoms. The molecule has 1 aromatic heterocycles. The van der Waals surface area contributed by atoms with Crippen LogP contribution in [-0.2, 0) is 0 Å². The molecule has 0 saturated heterocycles. The summed E-state index contributed by atoms with van der Waals surface area (Å²) in [5.74, 6) is 1.20. The van der Waals surface area contributed by atoms with Crippen molar-refractivity contribution in [1.29, 1.82) is 0 Å². The standard InChI is InChI=1S/C19H18O4/c1-11(2)15-7-5-14(8-12(15)3)23-18-10-22-17-9-13(20)4-6-16(17)19(18)21/h4-11,20H,1-3H3. The molecule has 0 amide bonds. The number of fused-ring (bicyclic) bond motifs is 1. The highest BCUT2D eigenvalue weighted by Gasteiger charge is 2.11. The minimum Gasteiger partial charge on any atom is -0.508 e. The third kappa shape index (κ3) is 2.93. The highest BCUT2D eigenvalue weighted by atomic mass is 16.5. The predicted octanol–water partition coefficient (Wildman–Crippen LogP) is 4.72. The minimum absolute atomic E-state index is 0.0502. The van der Waals surface area contributed by atoms with E-state index < -0.39 is 0 Å². The molecular formula is C19H18O4. The quantitative estimate of drug-likeness (QED) is 0.760. The van der Waals surface area contributed by atoms with Crippen LogP contribution < -0.4 is 10.2 Å². The van der Waals surface area contributed by atoms with Crippen LogP contribution in [0.3, 0.4) is 0 Å². The van der Waals surface area contributed by atoms with Crippen molar-refractivity contribution in [1.82, 2.24) is 0 Å². The molecule has 3 aromatic rings. The van der Waals surface area contributed by atoms with Crippen molar-refractivity contribution in [3.8, 4) is 17.2 Å². The fourth-order valence-corrected chi connectivity index (χ4v) is 2.66. The Labute approximate surface area is 134 Å². The molecule has 0 aliphatic carbocycles. The van der Waals surface area contributed by atoms with Gasteiger partial charge in [0.2, 0.25) is 11.2 Å². The highest BCUT2D eigenvalue weighted by Crippen LogP contribution is 2.27. The van der Waals surface area contributed by atoms with Gasteiger partial charge in [-0.15, -0.1) is 0 Å². The average Bonchev–Trinajstić information content (AvgIpc) is 2.50. The van der Waals surface area contributed by atoms with Gasteiger partial charge in [0.1, 0.15) is 23.3 Å². The number of rotatable bonds is 3. The summed E-state index contributed by atoms with van der Waals surface area (Å²) in [6.07, 6.45) is 1.27. The summed E-state index contributed by atoms with van der Waals surface area (Å²) in [7, 11) is 0. The Balaban J connectivity index is 1.99. The Kier molecular flexibility index (Phi) is 3.82. The van der Waals surface area contributed by atoms with E-state index >= 15 is 0 Å². The van der Waals surface area contributed by atoms with E-state index in [2.05, 4.69) is 13.8 Å². The first-order valence-corrected chi connectivity index (χ1v) is 7.48. The Hall–Kier alpha value is -2.75. The SMILES string of the molecule is Cc1cc(Oc2coc3cc(O)ccc3c2=O)ccc1C(C)C. The van der Waals surface area contributed by atoms with Crippen molar-refractivity contribution in [3.05, 3.63) is 64.0 Å². The van der Waals surface area contributed by atoms with Crippen LogP contribution in [0, 0.1) is 6.92 Å². The molecule has 3 rings (SSSR count). The van der Waals surface area contributed by atoms with Gasteiger partial charge in [0, 0.05) is 6.07 Å². The van der Waals surface area contributed by atoms with Gasteiger partial charge >= 0.3 is 0 Å². The molecule has 1 heterocycles. The second-order valence-electron chi connectivity index (χ2n) is 5.88. The average molecular weight is 310 g/mol. The summed E-state index contributed by atoms with van der Waals surface area (Å²) < 4.78 is 11.1. The number of benzene rings is 2. The topological polar surface area (TPSA) is 59.7 Å². The van der Waals surface area contributed by atoms with Crippen LogP contribution >= 0.6 is 0 Å². The lowest BCUT2D eigenvalue weighted by Gasteiger charge is -2.12. The van der Waals surface area contributed by atoms with Crippen LogP contribution in [0.5, 0.6) is 17.2 Å². The third-order valence-electron chi connectivity index (χ3n) is 3.82. The number of hydrogen-bond donors (Lipinski definition) is 1. The maximum Gasteiger partial charge on any atom is 0.235 e. The van der Waals surface area contributed by atoms with E-state index in [4.69, 9.17) is 9.15 Å². The van der Waals surface area contributed by atoms with E-state index in [0.29, 0.717) is 22.6 Å². The smallest absolute Gasteiger partial charge is 0.235 e. The van der Waals surface area contributed by atoms with Crippen LogP contribution in [0.15, 0.2) is 51.9 Å². The number of aromatic hydroxyl groups is 1. The summed E-state index contributed by atoms with van der Waals surface area (Å²) >= 11 is 0. The number of ether oxygens (including phenoxy) is 1. The van der Waals surface area contributed by atoms with E-state index in [1.54, 1.807) is 0 Å². The van der Waals surface area contributed by atoms with Gasteiger partial charge in [0.05, 0.1) is 5.39 Å². The highest BCUT2D eigenvalue weighted by molar-refractivity contribution is 5.78. The molecule has 4 heteroatoms. The van der Waals surface area contributed by atoms with Crippen molar-refractivity contribution >= 4 is 11.0 Å². The van der Waals surface area contributed by atoms with Crippen molar-refractivity contribution in [2.75, 3.05) is 0 Å². The Bertz CT molecular complexity index is 922. The third-order valence-corrected chi connectivity index (χ3v) is 3.82. The van der Waals surface area contributed by atoms with Crippen LogP contribution in [0.25, 0.3) is 11.0 Å². The fraction of sp³-hybridized carbons (Fsp3) is 0.211. The van der Waals surface area contributed by atoms with Crippen molar-refractivity contribution in [3.63, 3.8) is 0 Å². The molecule has 1 N–H and O–H groups in total. The van der Waals surface area contributed by atoms with E-state index in [1.807, 2.05) is 25.1 Å². The van der Waals surface area contributed by atoms with Gasteiger partial charge in [-0.25, -0.2) is 0 Å². The minimum atomic E-state index is -0.267. The molecule has 4 nitrogen and oxygen atoms in total. The van der Waals surface area contributed by atoms with Gasteiger partial charge in [0.15, 0.2) is 0 Å². The molecule has 0 spiro atoms.